The molecule has 0 heterocycles. The second-order valence-electron chi connectivity index (χ2n) is 5.44. The highest BCUT2D eigenvalue weighted by Crippen LogP contribution is 2.32. The first kappa shape index (κ1) is 15.3. The van der Waals surface area contributed by atoms with Crippen molar-refractivity contribution in [1.29, 1.82) is 0 Å². The van der Waals surface area contributed by atoms with Gasteiger partial charge in [0.25, 0.3) is 0 Å². The van der Waals surface area contributed by atoms with Gasteiger partial charge in [-0.2, -0.15) is 0 Å². The number of nitrogens with zero attached hydrogens (tertiary/aromatic N) is 1. The molecule has 1 fully saturated rings. The third kappa shape index (κ3) is 4.46. The summed E-state index contributed by atoms with van der Waals surface area (Å²) in [4.78, 5) is 2.15. The molecule has 2 rings (SSSR count). The smallest absolute Gasteiger partial charge is 0.146 e. The van der Waals surface area contributed by atoms with Gasteiger partial charge in [-0.15, -0.1) is 0 Å². The number of halogens is 1. The number of ether oxygens (including phenoxy) is 1. The number of hydrogen-bond donors (Lipinski definition) is 1. The molecule has 1 saturated carbocycles. The summed E-state index contributed by atoms with van der Waals surface area (Å²) in [6, 6.07) is 5.56. The molecule has 0 bridgehead atoms. The van der Waals surface area contributed by atoms with Crippen molar-refractivity contribution >= 4 is 5.69 Å². The summed E-state index contributed by atoms with van der Waals surface area (Å²) >= 11 is 0. The molecule has 0 spiro atoms. The predicted molar refractivity (Wildman–Crippen MR) is 80.6 cm³/mol. The molecular formula is C16H25FN2O. The highest BCUT2D eigenvalue weighted by Gasteiger charge is 2.24. The molecule has 1 N–H and O–H groups in total. The molecule has 112 valence electrons. The molecule has 1 aliphatic carbocycles. The number of nitrogens with one attached hydrogen (secondary N) is 1. The van der Waals surface area contributed by atoms with Gasteiger partial charge in [-0.1, -0.05) is 6.07 Å². The molecule has 0 amide bonds. The normalized spacial score (nSPS) is 14.6. The third-order valence-corrected chi connectivity index (χ3v) is 3.72. The molecule has 0 unspecified atom stereocenters. The van der Waals surface area contributed by atoms with Gasteiger partial charge in [0.05, 0.1) is 12.3 Å². The van der Waals surface area contributed by atoms with Crippen molar-refractivity contribution in [1.82, 2.24) is 5.32 Å². The summed E-state index contributed by atoms with van der Waals surface area (Å²) in [6.07, 6.45) is 2.58. The van der Waals surface area contributed by atoms with Crippen LogP contribution in [0.3, 0.4) is 0 Å². The summed E-state index contributed by atoms with van der Waals surface area (Å²) in [5.74, 6) is 0.656. The van der Waals surface area contributed by atoms with E-state index in [1.165, 1.54) is 12.8 Å². The first-order chi connectivity index (χ1) is 9.74. The third-order valence-electron chi connectivity index (χ3n) is 3.72. The van der Waals surface area contributed by atoms with Gasteiger partial charge in [0.1, 0.15) is 5.82 Å². The fourth-order valence-corrected chi connectivity index (χ4v) is 2.33. The topological polar surface area (TPSA) is 24.5 Å². The highest BCUT2D eigenvalue weighted by atomic mass is 19.1. The van der Waals surface area contributed by atoms with Crippen molar-refractivity contribution in [2.75, 3.05) is 38.3 Å². The zero-order valence-corrected chi connectivity index (χ0v) is 12.5. The van der Waals surface area contributed by atoms with Crippen molar-refractivity contribution in [2.45, 2.75) is 26.3 Å². The molecule has 3 nitrogen and oxygen atoms in total. The Hall–Kier alpha value is -1.13. The van der Waals surface area contributed by atoms with E-state index < -0.39 is 0 Å². The van der Waals surface area contributed by atoms with Gasteiger partial charge in [-0.05, 0) is 43.4 Å². The van der Waals surface area contributed by atoms with Crippen LogP contribution in [0.1, 0.15) is 25.3 Å². The van der Waals surface area contributed by atoms with Gasteiger partial charge in [-0.25, -0.2) is 4.39 Å². The molecule has 0 radical (unpaired) electrons. The number of anilines is 1. The summed E-state index contributed by atoms with van der Waals surface area (Å²) in [5, 5.41) is 3.23. The predicted octanol–water partition coefficient (Wildman–Crippen LogP) is 2.80. The molecule has 1 aliphatic rings. The molecule has 0 atom stereocenters. The highest BCUT2D eigenvalue weighted by molar-refractivity contribution is 5.49. The molecule has 0 aromatic heterocycles. The van der Waals surface area contributed by atoms with Crippen molar-refractivity contribution in [3.8, 4) is 0 Å². The van der Waals surface area contributed by atoms with Crippen LogP contribution in [0.2, 0.25) is 0 Å². The maximum atomic E-state index is 14.2. The van der Waals surface area contributed by atoms with Crippen molar-refractivity contribution in [3.05, 3.63) is 29.6 Å². The van der Waals surface area contributed by atoms with Crippen LogP contribution in [0.25, 0.3) is 0 Å². The van der Waals surface area contributed by atoms with E-state index >= 15 is 0 Å². The van der Waals surface area contributed by atoms with Crippen LogP contribution in [0, 0.1) is 11.7 Å². The maximum Gasteiger partial charge on any atom is 0.146 e. The second kappa shape index (κ2) is 7.60. The van der Waals surface area contributed by atoms with Gasteiger partial charge in [0.2, 0.25) is 0 Å². The molecule has 0 aliphatic heterocycles. The molecule has 1 aromatic rings. The van der Waals surface area contributed by atoms with E-state index in [0.29, 0.717) is 13.2 Å². The monoisotopic (exact) mass is 280 g/mol. The lowest BCUT2D eigenvalue weighted by Gasteiger charge is -2.24. The fraction of sp³-hybridized carbons (Fsp3) is 0.625. The minimum absolute atomic E-state index is 0.112. The van der Waals surface area contributed by atoms with Crippen LogP contribution in [0.4, 0.5) is 10.1 Å². The minimum atomic E-state index is -0.112. The van der Waals surface area contributed by atoms with Gasteiger partial charge in [-0.3, -0.25) is 0 Å². The average molecular weight is 280 g/mol. The molecule has 0 saturated heterocycles. The lowest BCUT2D eigenvalue weighted by molar-refractivity contribution is 0.199. The molecule has 4 heteroatoms. The van der Waals surface area contributed by atoms with Crippen LogP contribution in [0.15, 0.2) is 18.2 Å². The Kier molecular flexibility index (Phi) is 5.80. The van der Waals surface area contributed by atoms with E-state index in [1.54, 1.807) is 13.2 Å². The number of rotatable bonds is 9. The van der Waals surface area contributed by atoms with Crippen molar-refractivity contribution in [2.24, 2.45) is 5.92 Å². The van der Waals surface area contributed by atoms with E-state index in [0.717, 1.165) is 36.8 Å². The van der Waals surface area contributed by atoms with Crippen LogP contribution in [-0.4, -0.2) is 33.4 Å². The van der Waals surface area contributed by atoms with Crippen molar-refractivity contribution < 1.29 is 9.13 Å². The summed E-state index contributed by atoms with van der Waals surface area (Å²) in [6.45, 7) is 6.06. The maximum absolute atomic E-state index is 14.2. The van der Waals surface area contributed by atoms with Crippen LogP contribution in [-0.2, 0) is 11.3 Å². The van der Waals surface area contributed by atoms with Gasteiger partial charge >= 0.3 is 0 Å². The largest absolute Gasteiger partial charge is 0.383 e. The summed E-state index contributed by atoms with van der Waals surface area (Å²) in [7, 11) is 1.68. The summed E-state index contributed by atoms with van der Waals surface area (Å²) < 4.78 is 19.2. The Morgan fingerprint density at radius 1 is 1.40 bits per heavy atom. The number of methoxy groups -OCH3 is 1. The minimum Gasteiger partial charge on any atom is -0.383 e. The lowest BCUT2D eigenvalue weighted by Crippen LogP contribution is -2.26. The van der Waals surface area contributed by atoms with E-state index in [2.05, 4.69) is 17.1 Å². The van der Waals surface area contributed by atoms with Crippen LogP contribution < -0.4 is 10.2 Å². The SMILES string of the molecule is CCN(CC1CC1)c1ccc(CNCCOC)cc1F. The Labute approximate surface area is 121 Å². The number of benzene rings is 1. The van der Waals surface area contributed by atoms with Crippen LogP contribution >= 0.6 is 0 Å². The average Bonchev–Trinajstić information content (AvgIpc) is 3.26. The standard InChI is InChI=1S/C16H25FN2O/c1-3-19(12-13-4-5-13)16-7-6-14(10-15(16)17)11-18-8-9-20-2/h6-7,10,13,18H,3-5,8-9,11-12H2,1-2H3. The lowest BCUT2D eigenvalue weighted by atomic mass is 10.1. The molecular weight excluding hydrogens is 255 g/mol. The second-order valence-corrected chi connectivity index (χ2v) is 5.44. The van der Waals surface area contributed by atoms with E-state index in [1.807, 2.05) is 12.1 Å². The molecule has 20 heavy (non-hydrogen) atoms. The van der Waals surface area contributed by atoms with Gasteiger partial charge in [0, 0.05) is 33.3 Å². The Balaban J connectivity index is 1.93. The zero-order valence-electron chi connectivity index (χ0n) is 12.5. The Bertz CT molecular complexity index is 421. The fourth-order valence-electron chi connectivity index (χ4n) is 2.33. The summed E-state index contributed by atoms with van der Waals surface area (Å²) in [5.41, 5.74) is 1.71. The van der Waals surface area contributed by atoms with E-state index in [-0.39, 0.29) is 5.82 Å². The first-order valence-corrected chi connectivity index (χ1v) is 7.47. The molecule has 1 aromatic carbocycles. The van der Waals surface area contributed by atoms with E-state index in [4.69, 9.17) is 4.74 Å². The Morgan fingerprint density at radius 3 is 2.80 bits per heavy atom. The zero-order chi connectivity index (χ0) is 14.4. The van der Waals surface area contributed by atoms with Gasteiger partial charge < -0.3 is 15.0 Å². The van der Waals surface area contributed by atoms with Crippen LogP contribution in [0.5, 0.6) is 0 Å². The Morgan fingerprint density at radius 2 is 2.20 bits per heavy atom. The number of hydrogen-bond acceptors (Lipinski definition) is 3. The van der Waals surface area contributed by atoms with Gasteiger partial charge in [0.15, 0.2) is 0 Å². The van der Waals surface area contributed by atoms with E-state index in [9.17, 15) is 4.39 Å². The first-order valence-electron chi connectivity index (χ1n) is 7.47. The quantitative estimate of drug-likeness (QED) is 0.704. The van der Waals surface area contributed by atoms with Crippen molar-refractivity contribution in [3.63, 3.8) is 0 Å².